The largest absolute Gasteiger partial charge is 0.344 e. The molecule has 5 rings (SSSR count). The van der Waals surface area contributed by atoms with E-state index in [1.807, 2.05) is 0 Å². The smallest absolute Gasteiger partial charge is 0.188 e. The lowest BCUT2D eigenvalue weighted by Gasteiger charge is -2.59. The van der Waals surface area contributed by atoms with Crippen LogP contribution in [0.1, 0.15) is 72.1 Å². The maximum atomic E-state index is 6.05. The van der Waals surface area contributed by atoms with Gasteiger partial charge in [-0.25, -0.2) is 0 Å². The Morgan fingerprint density at radius 3 is 2.56 bits per heavy atom. The summed E-state index contributed by atoms with van der Waals surface area (Å²) in [7, 11) is 0. The molecule has 1 saturated heterocycles. The van der Waals surface area contributed by atoms with E-state index in [2.05, 4.69) is 42.8 Å². The van der Waals surface area contributed by atoms with Crippen molar-refractivity contribution in [1.82, 2.24) is 0 Å². The number of allylic oxidation sites excluding steroid dienone is 1. The minimum Gasteiger partial charge on any atom is -0.344 e. The second-order valence-corrected chi connectivity index (χ2v) is 11.5. The van der Waals surface area contributed by atoms with Crippen LogP contribution < -0.4 is 0 Å². The van der Waals surface area contributed by atoms with Gasteiger partial charge in [0.15, 0.2) is 5.79 Å². The Morgan fingerprint density at radius 2 is 1.81 bits per heavy atom. The van der Waals surface area contributed by atoms with Crippen molar-refractivity contribution in [3.8, 4) is 0 Å². The molecule has 0 aromatic heterocycles. The molecule has 0 radical (unpaired) electrons. The van der Waals surface area contributed by atoms with Gasteiger partial charge in [0, 0.05) is 11.8 Å². The number of halogens is 1. The fourth-order valence-electron chi connectivity index (χ4n) is 8.46. The Balaban J connectivity index is 1.43. The van der Waals surface area contributed by atoms with E-state index in [4.69, 9.17) is 9.47 Å². The molecule has 0 N–H and O–H groups in total. The summed E-state index contributed by atoms with van der Waals surface area (Å²) in [5, 5.41) is 1.17. The SMILES string of the molecule is C[C@H](CBr)[C@H]1CC[C@H]2[C@@H]3CCC4=CC5(CC[C@]4(C)[C@H]3CC[C@]12C)OCCO5. The summed E-state index contributed by atoms with van der Waals surface area (Å²) in [5.74, 6) is 4.15. The minimum atomic E-state index is -0.366. The summed E-state index contributed by atoms with van der Waals surface area (Å²) in [4.78, 5) is 0. The average molecular weight is 437 g/mol. The van der Waals surface area contributed by atoms with Gasteiger partial charge in [-0.05, 0) is 91.4 Å². The molecule has 1 heterocycles. The first-order valence-corrected chi connectivity index (χ1v) is 12.6. The van der Waals surface area contributed by atoms with E-state index in [0.717, 1.165) is 49.2 Å². The standard InChI is InChI=1S/C24H37BrO2/c1-16(15-25)19-6-7-20-18-5-4-17-14-24(26-12-13-27-24)11-10-22(17,2)21(18)8-9-23(19,20)3/h14,16,18-21H,4-13,15H2,1-3H3/t16-,18+,19-,20+,21+,22+,23-/m1/s1. The van der Waals surface area contributed by atoms with Crippen LogP contribution in [0.2, 0.25) is 0 Å². The van der Waals surface area contributed by atoms with Crippen molar-refractivity contribution in [2.75, 3.05) is 18.5 Å². The van der Waals surface area contributed by atoms with Gasteiger partial charge in [-0.15, -0.1) is 0 Å². The van der Waals surface area contributed by atoms with Gasteiger partial charge in [0.05, 0.1) is 13.2 Å². The molecule has 4 aliphatic carbocycles. The molecule has 27 heavy (non-hydrogen) atoms. The molecule has 0 bridgehead atoms. The second-order valence-electron chi connectivity index (χ2n) is 10.9. The van der Waals surface area contributed by atoms with E-state index in [0.29, 0.717) is 10.8 Å². The molecule has 3 heteroatoms. The molecule has 0 amide bonds. The Bertz CT molecular complexity index is 624. The molecule has 0 unspecified atom stereocenters. The third kappa shape index (κ3) is 2.70. The lowest BCUT2D eigenvalue weighted by atomic mass is 9.46. The van der Waals surface area contributed by atoms with Crippen molar-refractivity contribution >= 4 is 15.9 Å². The Labute approximate surface area is 174 Å². The van der Waals surface area contributed by atoms with Gasteiger partial charge in [0.25, 0.3) is 0 Å². The average Bonchev–Trinajstić information content (AvgIpc) is 3.26. The van der Waals surface area contributed by atoms with E-state index >= 15 is 0 Å². The van der Waals surface area contributed by atoms with Crippen molar-refractivity contribution in [3.63, 3.8) is 0 Å². The Morgan fingerprint density at radius 1 is 1.04 bits per heavy atom. The molecule has 1 spiro atoms. The highest BCUT2D eigenvalue weighted by molar-refractivity contribution is 9.09. The maximum Gasteiger partial charge on any atom is 0.188 e. The van der Waals surface area contributed by atoms with Crippen LogP contribution in [0.3, 0.4) is 0 Å². The van der Waals surface area contributed by atoms with Crippen molar-refractivity contribution in [2.24, 2.45) is 40.4 Å². The molecular formula is C24H37BrO2. The lowest BCUT2D eigenvalue weighted by Crippen LogP contribution is -2.52. The summed E-state index contributed by atoms with van der Waals surface area (Å²) in [6, 6.07) is 0. The number of hydrogen-bond donors (Lipinski definition) is 0. The fourth-order valence-corrected chi connectivity index (χ4v) is 8.91. The molecule has 0 aromatic rings. The topological polar surface area (TPSA) is 18.5 Å². The first-order chi connectivity index (χ1) is 12.9. The summed E-state index contributed by atoms with van der Waals surface area (Å²) in [5.41, 5.74) is 2.65. The van der Waals surface area contributed by atoms with Crippen LogP contribution in [-0.2, 0) is 9.47 Å². The Kier molecular flexibility index (Phi) is 4.65. The minimum absolute atomic E-state index is 0.366. The number of hydrogen-bond acceptors (Lipinski definition) is 2. The first-order valence-electron chi connectivity index (χ1n) is 11.5. The van der Waals surface area contributed by atoms with E-state index in [1.165, 1.54) is 50.3 Å². The number of fused-ring (bicyclic) bond motifs is 5. The highest BCUT2D eigenvalue weighted by Gasteiger charge is 2.60. The fraction of sp³-hybridized carbons (Fsp3) is 0.917. The van der Waals surface area contributed by atoms with Crippen molar-refractivity contribution in [3.05, 3.63) is 11.6 Å². The van der Waals surface area contributed by atoms with Gasteiger partial charge in [-0.1, -0.05) is 42.3 Å². The van der Waals surface area contributed by atoms with Gasteiger partial charge in [-0.2, -0.15) is 0 Å². The van der Waals surface area contributed by atoms with Crippen LogP contribution in [0.5, 0.6) is 0 Å². The summed E-state index contributed by atoms with van der Waals surface area (Å²) in [6.45, 7) is 9.26. The van der Waals surface area contributed by atoms with Crippen molar-refractivity contribution in [2.45, 2.75) is 77.9 Å². The molecular weight excluding hydrogens is 400 g/mol. The quantitative estimate of drug-likeness (QED) is 0.371. The molecule has 152 valence electrons. The normalized spacial score (nSPS) is 49.3. The van der Waals surface area contributed by atoms with Gasteiger partial charge < -0.3 is 9.47 Å². The molecule has 3 saturated carbocycles. The Hall–Kier alpha value is 0.140. The van der Waals surface area contributed by atoms with Gasteiger partial charge in [-0.3, -0.25) is 0 Å². The molecule has 4 fully saturated rings. The summed E-state index contributed by atoms with van der Waals surface area (Å²) >= 11 is 3.79. The highest BCUT2D eigenvalue weighted by Crippen LogP contribution is 2.68. The maximum absolute atomic E-state index is 6.05. The van der Waals surface area contributed by atoms with Crippen LogP contribution in [0.15, 0.2) is 11.6 Å². The van der Waals surface area contributed by atoms with Crippen LogP contribution in [0, 0.1) is 40.4 Å². The number of ether oxygens (including phenoxy) is 2. The molecule has 1 aliphatic heterocycles. The first kappa shape index (κ1) is 19.1. The van der Waals surface area contributed by atoms with Crippen molar-refractivity contribution < 1.29 is 9.47 Å². The molecule has 0 aromatic carbocycles. The van der Waals surface area contributed by atoms with E-state index < -0.39 is 0 Å². The van der Waals surface area contributed by atoms with Gasteiger partial charge in [0.1, 0.15) is 0 Å². The molecule has 5 aliphatic rings. The van der Waals surface area contributed by atoms with Crippen LogP contribution in [0.25, 0.3) is 0 Å². The second kappa shape index (κ2) is 6.57. The van der Waals surface area contributed by atoms with E-state index in [9.17, 15) is 0 Å². The third-order valence-corrected chi connectivity index (χ3v) is 10.9. The zero-order valence-electron chi connectivity index (χ0n) is 17.4. The lowest BCUT2D eigenvalue weighted by molar-refractivity contribution is -0.144. The van der Waals surface area contributed by atoms with E-state index in [-0.39, 0.29) is 5.79 Å². The predicted molar refractivity (Wildman–Crippen MR) is 113 cm³/mol. The summed E-state index contributed by atoms with van der Waals surface area (Å²) in [6.07, 6.45) is 13.2. The zero-order chi connectivity index (χ0) is 18.9. The number of alkyl halides is 1. The predicted octanol–water partition coefficient (Wildman–Crippen LogP) is 6.34. The van der Waals surface area contributed by atoms with Crippen LogP contribution >= 0.6 is 15.9 Å². The van der Waals surface area contributed by atoms with Crippen LogP contribution in [-0.4, -0.2) is 24.3 Å². The van der Waals surface area contributed by atoms with Gasteiger partial charge >= 0.3 is 0 Å². The van der Waals surface area contributed by atoms with E-state index in [1.54, 1.807) is 5.57 Å². The van der Waals surface area contributed by atoms with Crippen molar-refractivity contribution in [1.29, 1.82) is 0 Å². The third-order valence-electron chi connectivity index (χ3n) is 9.90. The molecule has 2 nitrogen and oxygen atoms in total. The highest BCUT2D eigenvalue weighted by atomic mass is 79.9. The molecule has 7 atom stereocenters. The van der Waals surface area contributed by atoms with Gasteiger partial charge in [0.2, 0.25) is 0 Å². The summed E-state index contributed by atoms with van der Waals surface area (Å²) < 4.78 is 12.1. The number of rotatable bonds is 2. The van der Waals surface area contributed by atoms with Crippen LogP contribution in [0.4, 0.5) is 0 Å². The monoisotopic (exact) mass is 436 g/mol. The zero-order valence-corrected chi connectivity index (χ0v) is 19.0.